The van der Waals surface area contributed by atoms with Crippen molar-refractivity contribution in [2.45, 2.75) is 0 Å². The zero-order valence-corrected chi connectivity index (χ0v) is 21.3. The highest BCUT2D eigenvalue weighted by Crippen LogP contribution is 2.57. The Labute approximate surface area is 215 Å². The second-order valence-electron chi connectivity index (χ2n) is 8.77. The summed E-state index contributed by atoms with van der Waals surface area (Å²) in [6.45, 7) is 0. The van der Waals surface area contributed by atoms with Crippen molar-refractivity contribution in [3.63, 3.8) is 0 Å². The van der Waals surface area contributed by atoms with Gasteiger partial charge in [-0.2, -0.15) is 0 Å². The molecule has 6 aromatic rings. The van der Waals surface area contributed by atoms with Crippen LogP contribution in [0.2, 0.25) is 0 Å². The van der Waals surface area contributed by atoms with E-state index in [-0.39, 0.29) is 0 Å². The Balaban J connectivity index is 1.74. The summed E-state index contributed by atoms with van der Waals surface area (Å²) in [6.07, 6.45) is 0. The minimum absolute atomic E-state index is 1.09. The second-order valence-corrected chi connectivity index (χ2v) is 10.6. The fourth-order valence-electron chi connectivity index (χ4n) is 5.57. The number of hydrogen-bond donors (Lipinski definition) is 0. The Morgan fingerprint density at radius 3 is 1.26 bits per heavy atom. The van der Waals surface area contributed by atoms with Crippen LogP contribution in [0.4, 0.5) is 0 Å². The monoisotopic (exact) mass is 560 g/mol. The summed E-state index contributed by atoms with van der Waals surface area (Å²) in [7, 11) is 0. The standard InChI is InChI=1S/C32H18Br2/c33-22-15-11-20(12-16-22)29-24-7-1-2-8-25(24)30(21-13-17-23(34)18-14-21)32-27-10-4-6-19-5-3-9-26(28(19)27)31(29)32/h1-18H. The van der Waals surface area contributed by atoms with Gasteiger partial charge in [-0.1, -0.05) is 117 Å². The van der Waals surface area contributed by atoms with Gasteiger partial charge in [0.1, 0.15) is 0 Å². The maximum absolute atomic E-state index is 3.62. The van der Waals surface area contributed by atoms with Crippen molar-refractivity contribution in [1.82, 2.24) is 0 Å². The predicted molar refractivity (Wildman–Crippen MR) is 152 cm³/mol. The molecule has 0 spiro atoms. The molecule has 0 bridgehead atoms. The first-order chi connectivity index (χ1) is 16.7. The molecule has 0 fully saturated rings. The van der Waals surface area contributed by atoms with Crippen molar-refractivity contribution in [2.24, 2.45) is 0 Å². The Kier molecular flexibility index (Phi) is 4.55. The summed E-state index contributed by atoms with van der Waals surface area (Å²) in [5.41, 5.74) is 10.4. The highest BCUT2D eigenvalue weighted by molar-refractivity contribution is 9.10. The van der Waals surface area contributed by atoms with Gasteiger partial charge in [-0.3, -0.25) is 0 Å². The molecule has 0 amide bonds. The summed E-state index contributed by atoms with van der Waals surface area (Å²) in [5.74, 6) is 0. The van der Waals surface area contributed by atoms with E-state index in [1.54, 1.807) is 0 Å². The summed E-state index contributed by atoms with van der Waals surface area (Å²) < 4.78 is 2.18. The van der Waals surface area contributed by atoms with Crippen LogP contribution in [0.5, 0.6) is 0 Å². The first-order valence-corrected chi connectivity index (χ1v) is 12.9. The Morgan fingerprint density at radius 2 is 0.824 bits per heavy atom. The van der Waals surface area contributed by atoms with Crippen molar-refractivity contribution in [2.75, 3.05) is 0 Å². The SMILES string of the molecule is Brc1ccc(-c2c3c(c(-c4ccc(Br)cc4)c4ccccc24)-c2cccc4cccc-3c24)cc1. The lowest BCUT2D eigenvalue weighted by molar-refractivity contribution is 1.59. The lowest BCUT2D eigenvalue weighted by Crippen LogP contribution is -1.93. The largest absolute Gasteiger partial charge is 0.0616 e. The molecule has 0 unspecified atom stereocenters. The van der Waals surface area contributed by atoms with Gasteiger partial charge in [-0.25, -0.2) is 0 Å². The van der Waals surface area contributed by atoms with Crippen molar-refractivity contribution in [3.05, 3.63) is 118 Å². The zero-order valence-electron chi connectivity index (χ0n) is 18.1. The average molecular weight is 562 g/mol. The molecule has 0 nitrogen and oxygen atoms in total. The van der Waals surface area contributed by atoms with Gasteiger partial charge in [-0.15, -0.1) is 0 Å². The predicted octanol–water partition coefficient (Wildman–Crippen LogP) is 10.5. The Morgan fingerprint density at radius 1 is 0.382 bits per heavy atom. The van der Waals surface area contributed by atoms with Crippen molar-refractivity contribution in [1.29, 1.82) is 0 Å². The van der Waals surface area contributed by atoms with Crippen LogP contribution in [-0.2, 0) is 0 Å². The van der Waals surface area contributed by atoms with Gasteiger partial charge >= 0.3 is 0 Å². The third kappa shape index (κ3) is 2.89. The fraction of sp³-hybridized carbons (Fsp3) is 0. The molecule has 0 N–H and O–H groups in total. The lowest BCUT2D eigenvalue weighted by Gasteiger charge is -2.20. The van der Waals surface area contributed by atoms with Crippen LogP contribution in [0, 0.1) is 0 Å². The van der Waals surface area contributed by atoms with Crippen molar-refractivity contribution < 1.29 is 0 Å². The number of hydrogen-bond acceptors (Lipinski definition) is 0. The van der Waals surface area contributed by atoms with Gasteiger partial charge in [0.2, 0.25) is 0 Å². The van der Waals surface area contributed by atoms with Crippen LogP contribution >= 0.6 is 31.9 Å². The molecule has 1 aliphatic carbocycles. The maximum Gasteiger partial charge on any atom is 0.0175 e. The molecule has 6 aromatic carbocycles. The third-order valence-electron chi connectivity index (χ3n) is 6.92. The van der Waals surface area contributed by atoms with E-state index in [9.17, 15) is 0 Å². The van der Waals surface area contributed by atoms with E-state index in [1.807, 2.05) is 0 Å². The van der Waals surface area contributed by atoms with Gasteiger partial charge in [0.05, 0.1) is 0 Å². The Hall–Kier alpha value is -3.20. The van der Waals surface area contributed by atoms with Gasteiger partial charge in [-0.05, 0) is 90.3 Å². The Bertz CT molecular complexity index is 1620. The fourth-order valence-corrected chi connectivity index (χ4v) is 6.10. The van der Waals surface area contributed by atoms with Crippen molar-refractivity contribution in [3.8, 4) is 44.5 Å². The van der Waals surface area contributed by atoms with E-state index < -0.39 is 0 Å². The quantitative estimate of drug-likeness (QED) is 0.197. The summed E-state index contributed by atoms with van der Waals surface area (Å²) in [5, 5.41) is 5.21. The van der Waals surface area contributed by atoms with Crippen LogP contribution in [-0.4, -0.2) is 0 Å². The minimum atomic E-state index is 1.09. The smallest absolute Gasteiger partial charge is 0.0175 e. The maximum atomic E-state index is 3.62. The second kappa shape index (κ2) is 7.66. The summed E-state index contributed by atoms with van der Waals surface area (Å²) >= 11 is 7.24. The van der Waals surface area contributed by atoms with E-state index in [0.717, 1.165) is 8.95 Å². The molecule has 0 atom stereocenters. The molecule has 0 aromatic heterocycles. The molecule has 0 radical (unpaired) electrons. The van der Waals surface area contributed by atoms with Crippen LogP contribution in [0.1, 0.15) is 0 Å². The van der Waals surface area contributed by atoms with Gasteiger partial charge in [0.25, 0.3) is 0 Å². The summed E-state index contributed by atoms with van der Waals surface area (Å²) in [4.78, 5) is 0. The molecule has 0 heterocycles. The number of halogens is 2. The number of rotatable bonds is 2. The van der Waals surface area contributed by atoms with E-state index in [2.05, 4.69) is 141 Å². The first-order valence-electron chi connectivity index (χ1n) is 11.3. The third-order valence-corrected chi connectivity index (χ3v) is 7.98. The molecular weight excluding hydrogens is 544 g/mol. The van der Waals surface area contributed by atoms with Crippen LogP contribution in [0.3, 0.4) is 0 Å². The molecule has 0 aliphatic heterocycles. The highest BCUT2D eigenvalue weighted by Gasteiger charge is 2.30. The van der Waals surface area contributed by atoms with Gasteiger partial charge < -0.3 is 0 Å². The van der Waals surface area contributed by atoms with Crippen molar-refractivity contribution >= 4 is 53.4 Å². The first kappa shape index (κ1) is 20.2. The van der Waals surface area contributed by atoms with E-state index in [1.165, 1.54) is 66.1 Å². The van der Waals surface area contributed by atoms with E-state index in [0.29, 0.717) is 0 Å². The van der Waals surface area contributed by atoms with Gasteiger partial charge in [0.15, 0.2) is 0 Å². The summed E-state index contributed by atoms with van der Waals surface area (Å²) in [6, 6.07) is 39.8. The van der Waals surface area contributed by atoms with E-state index in [4.69, 9.17) is 0 Å². The molecule has 160 valence electrons. The molecular formula is C32H18Br2. The molecule has 2 heteroatoms. The molecule has 0 saturated carbocycles. The highest BCUT2D eigenvalue weighted by atomic mass is 79.9. The van der Waals surface area contributed by atoms with Crippen LogP contribution in [0.15, 0.2) is 118 Å². The molecule has 34 heavy (non-hydrogen) atoms. The number of fused-ring (bicyclic) bond motifs is 4. The average Bonchev–Trinajstić information content (AvgIpc) is 3.20. The molecule has 0 saturated heterocycles. The molecule has 1 aliphatic rings. The topological polar surface area (TPSA) is 0 Å². The van der Waals surface area contributed by atoms with Crippen LogP contribution in [0.25, 0.3) is 66.1 Å². The molecule has 7 rings (SSSR count). The normalized spacial score (nSPS) is 11.8. The van der Waals surface area contributed by atoms with Gasteiger partial charge in [0, 0.05) is 8.95 Å². The van der Waals surface area contributed by atoms with E-state index >= 15 is 0 Å². The van der Waals surface area contributed by atoms with Crippen LogP contribution < -0.4 is 0 Å². The minimum Gasteiger partial charge on any atom is -0.0616 e. The number of benzene rings is 6. The lowest BCUT2D eigenvalue weighted by atomic mass is 9.82. The zero-order chi connectivity index (χ0) is 22.8.